The van der Waals surface area contributed by atoms with Gasteiger partial charge in [0.15, 0.2) is 0 Å². The minimum atomic E-state index is -0.129. The lowest BCUT2D eigenvalue weighted by Crippen LogP contribution is -2.40. The Morgan fingerprint density at radius 3 is 2.02 bits per heavy atom. The predicted molar refractivity (Wildman–Crippen MR) is 169 cm³/mol. The number of carbonyl (C=O) groups is 1. The molecule has 0 amide bonds. The summed E-state index contributed by atoms with van der Waals surface area (Å²) in [4.78, 5) is 12.3. The van der Waals surface area contributed by atoms with Gasteiger partial charge in [0.25, 0.3) is 0 Å². The maximum Gasteiger partial charge on any atom is 0.311 e. The van der Waals surface area contributed by atoms with Gasteiger partial charge in [0, 0.05) is 12.0 Å². The number of carbonyl (C=O) groups excluding carboxylic acids is 1. The molecule has 0 bridgehead atoms. The highest BCUT2D eigenvalue weighted by Crippen LogP contribution is 2.19. The van der Waals surface area contributed by atoms with Crippen LogP contribution in [0.1, 0.15) is 115 Å². The van der Waals surface area contributed by atoms with E-state index < -0.39 is 0 Å². The van der Waals surface area contributed by atoms with Crippen LogP contribution in [0.2, 0.25) is 0 Å². The molecule has 1 unspecified atom stereocenters. The second-order valence-corrected chi connectivity index (χ2v) is 12.3. The average molecular weight is 553 g/mol. The van der Waals surface area contributed by atoms with E-state index in [-0.39, 0.29) is 12.1 Å². The second-order valence-electron chi connectivity index (χ2n) is 12.3. The summed E-state index contributed by atoms with van der Waals surface area (Å²) in [6.07, 6.45) is 18.8. The number of rotatable bonds is 23. The van der Waals surface area contributed by atoms with Crippen LogP contribution in [0.3, 0.4) is 0 Å². The molecule has 0 fully saturated rings. The molecular formula is C36H58NO3+. The number of ether oxygens (including phenoxy) is 2. The standard InChI is InChI=1S/C36H58NO3/c1-5-6-7-8-9-10-11-12-13-14-15-17-21-33-24-20-25-35(30-33)40-32(2)27-29-39-36(38)26-28-37(3,4)31-34-22-18-16-19-23-34/h16,18-20,22-25,30,32H,5-15,17,21,26-29,31H2,1-4H3/q+1. The largest absolute Gasteiger partial charge is 0.491 e. The zero-order valence-corrected chi connectivity index (χ0v) is 26.2. The number of hydrogen-bond donors (Lipinski definition) is 0. The van der Waals surface area contributed by atoms with Crippen molar-refractivity contribution in [3.05, 3.63) is 65.7 Å². The quantitative estimate of drug-likeness (QED) is 0.0783. The normalized spacial score (nSPS) is 12.3. The Morgan fingerprint density at radius 2 is 1.38 bits per heavy atom. The van der Waals surface area contributed by atoms with Crippen LogP contribution in [0.5, 0.6) is 5.75 Å². The molecule has 2 rings (SSSR count). The molecule has 0 aromatic heterocycles. The Labute approximate surface area is 246 Å². The van der Waals surface area contributed by atoms with Crippen LogP contribution in [-0.4, -0.2) is 43.8 Å². The van der Waals surface area contributed by atoms with E-state index in [4.69, 9.17) is 9.47 Å². The zero-order valence-electron chi connectivity index (χ0n) is 26.2. The number of hydrogen-bond acceptors (Lipinski definition) is 3. The van der Waals surface area contributed by atoms with Crippen molar-refractivity contribution in [3.8, 4) is 5.75 Å². The van der Waals surface area contributed by atoms with Gasteiger partial charge in [-0.1, -0.05) is 120 Å². The van der Waals surface area contributed by atoms with Crippen molar-refractivity contribution in [3.63, 3.8) is 0 Å². The van der Waals surface area contributed by atoms with Crippen molar-refractivity contribution in [2.45, 2.75) is 123 Å². The lowest BCUT2D eigenvalue weighted by atomic mass is 10.0. The van der Waals surface area contributed by atoms with Crippen molar-refractivity contribution in [1.82, 2.24) is 0 Å². The smallest absolute Gasteiger partial charge is 0.311 e. The van der Waals surface area contributed by atoms with E-state index in [1.807, 2.05) is 19.1 Å². The maximum atomic E-state index is 12.3. The SMILES string of the molecule is CCCCCCCCCCCCCCc1cccc(OC(C)CCOC(=O)CC[N+](C)(C)Cc2ccccc2)c1. The van der Waals surface area contributed by atoms with Gasteiger partial charge in [-0.2, -0.15) is 0 Å². The third-order valence-electron chi connectivity index (χ3n) is 7.72. The number of aryl methyl sites for hydroxylation is 1. The molecule has 2 aromatic carbocycles. The first-order chi connectivity index (χ1) is 19.4. The average Bonchev–Trinajstić information content (AvgIpc) is 2.93. The van der Waals surface area contributed by atoms with Gasteiger partial charge in [-0.05, 0) is 37.5 Å². The number of benzene rings is 2. The van der Waals surface area contributed by atoms with Gasteiger partial charge in [0.1, 0.15) is 12.3 Å². The Bertz CT molecular complexity index is 911. The molecule has 0 heterocycles. The van der Waals surface area contributed by atoms with Gasteiger partial charge >= 0.3 is 5.97 Å². The van der Waals surface area contributed by atoms with Crippen molar-refractivity contribution >= 4 is 5.97 Å². The maximum absolute atomic E-state index is 12.3. The molecule has 0 aliphatic carbocycles. The number of quaternary nitrogens is 1. The molecule has 0 aliphatic heterocycles. The Balaban J connectivity index is 1.53. The molecule has 0 saturated carbocycles. The van der Waals surface area contributed by atoms with Gasteiger partial charge in [0.05, 0.1) is 39.8 Å². The topological polar surface area (TPSA) is 35.5 Å². The minimum Gasteiger partial charge on any atom is -0.491 e. The van der Waals surface area contributed by atoms with Crippen molar-refractivity contribution in [2.24, 2.45) is 0 Å². The van der Waals surface area contributed by atoms with E-state index in [9.17, 15) is 4.79 Å². The molecule has 4 heteroatoms. The summed E-state index contributed by atoms with van der Waals surface area (Å²) < 4.78 is 12.4. The Kier molecular flexibility index (Phi) is 17.4. The highest BCUT2D eigenvalue weighted by molar-refractivity contribution is 5.69. The molecule has 0 saturated heterocycles. The molecular weight excluding hydrogens is 494 g/mol. The van der Waals surface area contributed by atoms with Crippen LogP contribution in [-0.2, 0) is 22.5 Å². The monoisotopic (exact) mass is 552 g/mol. The zero-order chi connectivity index (χ0) is 28.9. The number of nitrogens with zero attached hydrogens (tertiary/aromatic N) is 1. The summed E-state index contributed by atoms with van der Waals surface area (Å²) in [6.45, 7) is 6.38. The number of unbranched alkanes of at least 4 members (excludes halogenated alkanes) is 11. The lowest BCUT2D eigenvalue weighted by Gasteiger charge is -2.29. The van der Waals surface area contributed by atoms with Crippen molar-refractivity contribution in [2.75, 3.05) is 27.2 Å². The Morgan fingerprint density at radius 1 is 0.775 bits per heavy atom. The van der Waals surface area contributed by atoms with E-state index in [0.29, 0.717) is 19.4 Å². The highest BCUT2D eigenvalue weighted by Gasteiger charge is 2.18. The van der Waals surface area contributed by atoms with Gasteiger partial charge < -0.3 is 14.0 Å². The van der Waals surface area contributed by atoms with Crippen LogP contribution >= 0.6 is 0 Å². The molecule has 0 radical (unpaired) electrons. The molecule has 1 atom stereocenters. The summed E-state index contributed by atoms with van der Waals surface area (Å²) in [5, 5.41) is 0. The minimum absolute atomic E-state index is 0.00000220. The van der Waals surface area contributed by atoms with E-state index in [1.54, 1.807) is 0 Å². The second kappa shape index (κ2) is 20.5. The van der Waals surface area contributed by atoms with Crippen molar-refractivity contribution < 1.29 is 18.8 Å². The van der Waals surface area contributed by atoms with E-state index in [2.05, 4.69) is 63.5 Å². The third-order valence-corrected chi connectivity index (χ3v) is 7.72. The van der Waals surface area contributed by atoms with Crippen molar-refractivity contribution in [1.29, 1.82) is 0 Å². The molecule has 2 aromatic rings. The molecule has 40 heavy (non-hydrogen) atoms. The number of esters is 1. The van der Waals surface area contributed by atoms with E-state index >= 15 is 0 Å². The first-order valence-corrected chi connectivity index (χ1v) is 16.1. The first kappa shape index (κ1) is 33.9. The van der Waals surface area contributed by atoms with Crippen LogP contribution in [0, 0.1) is 0 Å². The fourth-order valence-electron chi connectivity index (χ4n) is 5.20. The van der Waals surface area contributed by atoms with E-state index in [0.717, 1.165) is 29.7 Å². The van der Waals surface area contributed by atoms with E-state index in [1.165, 1.54) is 88.2 Å². The highest BCUT2D eigenvalue weighted by atomic mass is 16.5. The van der Waals surface area contributed by atoms with Gasteiger partial charge in [-0.25, -0.2) is 0 Å². The summed E-state index contributed by atoms with van der Waals surface area (Å²) in [5.74, 6) is 0.783. The third kappa shape index (κ3) is 16.7. The summed E-state index contributed by atoms with van der Waals surface area (Å²) in [7, 11) is 4.31. The van der Waals surface area contributed by atoms with Crippen LogP contribution < -0.4 is 4.74 Å². The molecule has 0 N–H and O–H groups in total. The molecule has 4 nitrogen and oxygen atoms in total. The molecule has 0 spiro atoms. The molecule has 0 aliphatic rings. The van der Waals surface area contributed by atoms with Crippen LogP contribution in [0.4, 0.5) is 0 Å². The molecule has 224 valence electrons. The Hall–Kier alpha value is -2.33. The predicted octanol–water partition coefficient (Wildman–Crippen LogP) is 9.30. The van der Waals surface area contributed by atoms with Gasteiger partial charge in [0.2, 0.25) is 0 Å². The first-order valence-electron chi connectivity index (χ1n) is 16.1. The van der Waals surface area contributed by atoms with Gasteiger partial charge in [-0.3, -0.25) is 4.79 Å². The summed E-state index contributed by atoms with van der Waals surface area (Å²) in [6, 6.07) is 18.9. The fraction of sp³-hybridized carbons (Fsp3) is 0.639. The lowest BCUT2D eigenvalue weighted by molar-refractivity contribution is -0.903. The van der Waals surface area contributed by atoms with Crippen LogP contribution in [0.25, 0.3) is 0 Å². The van der Waals surface area contributed by atoms with Gasteiger partial charge in [-0.15, -0.1) is 0 Å². The van der Waals surface area contributed by atoms with Crippen LogP contribution in [0.15, 0.2) is 54.6 Å². The summed E-state index contributed by atoms with van der Waals surface area (Å²) >= 11 is 0. The summed E-state index contributed by atoms with van der Waals surface area (Å²) in [5.41, 5.74) is 2.63. The fourth-order valence-corrected chi connectivity index (χ4v) is 5.20.